The Morgan fingerprint density at radius 1 is 1.50 bits per heavy atom. The molecule has 1 aliphatic heterocycles. The van der Waals surface area contributed by atoms with Crippen LogP contribution in [-0.2, 0) is 11.3 Å². The SMILES string of the molecule is CNC(=O)[C@H]1CCN(Cc2c(Cl)cncc2Cl)C1. The molecule has 2 rings (SSSR count). The molecule has 6 heteroatoms. The lowest BCUT2D eigenvalue weighted by Crippen LogP contribution is -2.30. The van der Waals surface area contributed by atoms with Gasteiger partial charge in [0.25, 0.3) is 0 Å². The van der Waals surface area contributed by atoms with E-state index in [4.69, 9.17) is 23.2 Å². The van der Waals surface area contributed by atoms with Gasteiger partial charge in [-0.05, 0) is 13.0 Å². The Balaban J connectivity index is 2.02. The summed E-state index contributed by atoms with van der Waals surface area (Å²) in [4.78, 5) is 17.7. The minimum Gasteiger partial charge on any atom is -0.359 e. The smallest absolute Gasteiger partial charge is 0.224 e. The first-order valence-electron chi connectivity index (χ1n) is 5.83. The first-order valence-corrected chi connectivity index (χ1v) is 6.59. The molecule has 1 aromatic heterocycles. The maximum atomic E-state index is 11.5. The Hall–Kier alpha value is -0.840. The third kappa shape index (κ3) is 2.94. The number of nitrogens with zero attached hydrogens (tertiary/aromatic N) is 2. The molecule has 0 bridgehead atoms. The van der Waals surface area contributed by atoms with E-state index in [0.717, 1.165) is 25.1 Å². The van der Waals surface area contributed by atoms with Crippen LogP contribution in [0.25, 0.3) is 0 Å². The molecular weight excluding hydrogens is 273 g/mol. The van der Waals surface area contributed by atoms with Gasteiger partial charge in [0.2, 0.25) is 5.91 Å². The van der Waals surface area contributed by atoms with Crippen LogP contribution in [0.4, 0.5) is 0 Å². The summed E-state index contributed by atoms with van der Waals surface area (Å²) in [6, 6.07) is 0. The van der Waals surface area contributed by atoms with E-state index < -0.39 is 0 Å². The summed E-state index contributed by atoms with van der Waals surface area (Å²) in [6.07, 6.45) is 4.06. The highest BCUT2D eigenvalue weighted by Crippen LogP contribution is 2.27. The van der Waals surface area contributed by atoms with E-state index in [-0.39, 0.29) is 11.8 Å². The van der Waals surface area contributed by atoms with Crippen LogP contribution in [0.3, 0.4) is 0 Å². The topological polar surface area (TPSA) is 45.2 Å². The van der Waals surface area contributed by atoms with Crippen molar-refractivity contribution in [1.82, 2.24) is 15.2 Å². The lowest BCUT2D eigenvalue weighted by atomic mass is 10.1. The van der Waals surface area contributed by atoms with Crippen LogP contribution in [0, 0.1) is 5.92 Å². The van der Waals surface area contributed by atoms with E-state index in [9.17, 15) is 4.79 Å². The monoisotopic (exact) mass is 287 g/mol. The van der Waals surface area contributed by atoms with Gasteiger partial charge in [-0.25, -0.2) is 0 Å². The van der Waals surface area contributed by atoms with E-state index in [1.165, 1.54) is 0 Å². The lowest BCUT2D eigenvalue weighted by molar-refractivity contribution is -0.124. The van der Waals surface area contributed by atoms with E-state index in [1.807, 2.05) is 0 Å². The number of nitrogens with one attached hydrogen (secondary N) is 1. The van der Waals surface area contributed by atoms with Gasteiger partial charge in [-0.3, -0.25) is 14.7 Å². The normalized spacial score (nSPS) is 20.1. The standard InChI is InChI=1S/C12H15Cl2N3O/c1-15-12(18)8-2-3-17(6-8)7-9-10(13)4-16-5-11(9)14/h4-5,8H,2-3,6-7H2,1H3,(H,15,18)/t8-/m0/s1. The first kappa shape index (κ1) is 13.6. The summed E-state index contributed by atoms with van der Waals surface area (Å²) in [5.41, 5.74) is 0.880. The fourth-order valence-corrected chi connectivity index (χ4v) is 2.69. The molecule has 0 aliphatic carbocycles. The Morgan fingerprint density at radius 3 is 2.78 bits per heavy atom. The molecule has 1 amide bonds. The number of carbonyl (C=O) groups excluding carboxylic acids is 1. The number of aromatic nitrogens is 1. The minimum atomic E-state index is 0.0642. The molecule has 1 aromatic rings. The Kier molecular flexibility index (Phi) is 4.43. The predicted octanol–water partition coefficient (Wildman–Crippen LogP) is 1.96. The van der Waals surface area contributed by atoms with Crippen LogP contribution >= 0.6 is 23.2 Å². The number of rotatable bonds is 3. The summed E-state index contributed by atoms with van der Waals surface area (Å²) < 4.78 is 0. The zero-order chi connectivity index (χ0) is 13.1. The molecule has 1 N–H and O–H groups in total. The van der Waals surface area contributed by atoms with Crippen molar-refractivity contribution in [2.45, 2.75) is 13.0 Å². The second-order valence-corrected chi connectivity index (χ2v) is 5.23. The average Bonchev–Trinajstić information content (AvgIpc) is 2.81. The van der Waals surface area contributed by atoms with Crippen LogP contribution in [0.1, 0.15) is 12.0 Å². The highest BCUT2D eigenvalue weighted by molar-refractivity contribution is 6.35. The van der Waals surface area contributed by atoms with Crippen molar-refractivity contribution in [2.75, 3.05) is 20.1 Å². The highest BCUT2D eigenvalue weighted by atomic mass is 35.5. The maximum absolute atomic E-state index is 11.5. The van der Waals surface area contributed by atoms with E-state index in [1.54, 1.807) is 19.4 Å². The van der Waals surface area contributed by atoms with Crippen LogP contribution in [0.5, 0.6) is 0 Å². The summed E-state index contributed by atoms with van der Waals surface area (Å²) in [5.74, 6) is 0.166. The molecule has 1 saturated heterocycles. The zero-order valence-electron chi connectivity index (χ0n) is 10.1. The molecule has 18 heavy (non-hydrogen) atoms. The van der Waals surface area contributed by atoms with Gasteiger partial charge in [0.1, 0.15) is 0 Å². The summed E-state index contributed by atoms with van der Waals surface area (Å²) in [7, 11) is 1.67. The van der Waals surface area contributed by atoms with Crippen molar-refractivity contribution in [1.29, 1.82) is 0 Å². The second kappa shape index (κ2) is 5.87. The third-order valence-electron chi connectivity index (χ3n) is 3.22. The molecule has 98 valence electrons. The van der Waals surface area contributed by atoms with Crippen molar-refractivity contribution in [2.24, 2.45) is 5.92 Å². The van der Waals surface area contributed by atoms with Gasteiger partial charge in [-0.1, -0.05) is 23.2 Å². The third-order valence-corrected chi connectivity index (χ3v) is 3.88. The van der Waals surface area contributed by atoms with Gasteiger partial charge in [0.05, 0.1) is 16.0 Å². The molecule has 0 spiro atoms. The van der Waals surface area contributed by atoms with Crippen molar-refractivity contribution in [3.05, 3.63) is 28.0 Å². The van der Waals surface area contributed by atoms with Gasteiger partial charge in [-0.15, -0.1) is 0 Å². The number of pyridine rings is 1. The lowest BCUT2D eigenvalue weighted by Gasteiger charge is -2.17. The molecule has 0 unspecified atom stereocenters. The fourth-order valence-electron chi connectivity index (χ4n) is 2.21. The average molecular weight is 288 g/mol. The number of halogens is 2. The molecule has 0 radical (unpaired) electrons. The molecular formula is C12H15Cl2N3O. The van der Waals surface area contributed by atoms with Gasteiger partial charge in [-0.2, -0.15) is 0 Å². The zero-order valence-corrected chi connectivity index (χ0v) is 11.6. The number of hydrogen-bond donors (Lipinski definition) is 1. The summed E-state index contributed by atoms with van der Waals surface area (Å²) in [5, 5.41) is 3.84. The van der Waals surface area contributed by atoms with Crippen molar-refractivity contribution < 1.29 is 4.79 Å². The quantitative estimate of drug-likeness (QED) is 0.924. The molecule has 0 aromatic carbocycles. The molecule has 1 fully saturated rings. The van der Waals surface area contributed by atoms with Gasteiger partial charge >= 0.3 is 0 Å². The van der Waals surface area contributed by atoms with Crippen LogP contribution in [0.15, 0.2) is 12.4 Å². The molecule has 1 atom stereocenters. The van der Waals surface area contributed by atoms with Gasteiger partial charge in [0, 0.05) is 38.1 Å². The molecule has 4 nitrogen and oxygen atoms in total. The van der Waals surface area contributed by atoms with Crippen LogP contribution < -0.4 is 5.32 Å². The Bertz CT molecular complexity index is 433. The van der Waals surface area contributed by atoms with E-state index in [0.29, 0.717) is 16.6 Å². The molecule has 1 aliphatic rings. The van der Waals surface area contributed by atoms with Crippen LogP contribution in [-0.4, -0.2) is 35.9 Å². The predicted molar refractivity (Wildman–Crippen MR) is 71.7 cm³/mol. The van der Waals surface area contributed by atoms with Crippen LogP contribution in [0.2, 0.25) is 10.0 Å². The molecule has 2 heterocycles. The number of carbonyl (C=O) groups is 1. The maximum Gasteiger partial charge on any atom is 0.224 e. The van der Waals surface area contributed by atoms with Gasteiger partial charge in [0.15, 0.2) is 0 Å². The second-order valence-electron chi connectivity index (χ2n) is 4.42. The summed E-state index contributed by atoms with van der Waals surface area (Å²) >= 11 is 12.2. The number of likely N-dealkylation sites (tertiary alicyclic amines) is 1. The first-order chi connectivity index (χ1) is 8.61. The minimum absolute atomic E-state index is 0.0642. The van der Waals surface area contributed by atoms with E-state index >= 15 is 0 Å². The number of amides is 1. The number of hydrogen-bond acceptors (Lipinski definition) is 3. The summed E-state index contributed by atoms with van der Waals surface area (Å²) in [6.45, 7) is 2.29. The Labute approximate surface area is 116 Å². The van der Waals surface area contributed by atoms with Crippen molar-refractivity contribution in [3.8, 4) is 0 Å². The highest BCUT2D eigenvalue weighted by Gasteiger charge is 2.28. The van der Waals surface area contributed by atoms with Gasteiger partial charge < -0.3 is 5.32 Å². The van der Waals surface area contributed by atoms with Crippen molar-refractivity contribution >= 4 is 29.1 Å². The van der Waals surface area contributed by atoms with E-state index in [2.05, 4.69) is 15.2 Å². The Morgan fingerprint density at radius 2 is 2.17 bits per heavy atom. The fraction of sp³-hybridized carbons (Fsp3) is 0.500. The van der Waals surface area contributed by atoms with Crippen molar-refractivity contribution in [3.63, 3.8) is 0 Å². The largest absolute Gasteiger partial charge is 0.359 e. The molecule has 0 saturated carbocycles.